The van der Waals surface area contributed by atoms with E-state index in [1.54, 1.807) is 42.7 Å². The molecule has 1 aromatic carbocycles. The molecule has 8 nitrogen and oxygen atoms in total. The fraction of sp³-hybridized carbons (Fsp3) is 0.364. The van der Waals surface area contributed by atoms with Gasteiger partial charge in [-0.05, 0) is 19.1 Å². The van der Waals surface area contributed by atoms with Gasteiger partial charge in [0.2, 0.25) is 5.95 Å². The van der Waals surface area contributed by atoms with E-state index in [9.17, 15) is 4.39 Å². The Morgan fingerprint density at radius 2 is 1.81 bits per heavy atom. The van der Waals surface area contributed by atoms with Crippen molar-refractivity contribution in [2.45, 2.75) is 41.2 Å². The molecule has 0 N–H and O–H groups in total. The van der Waals surface area contributed by atoms with Crippen LogP contribution in [0.5, 0.6) is 0 Å². The Hall–Kier alpha value is -3.49. The molecule has 0 saturated heterocycles. The fourth-order valence-electron chi connectivity index (χ4n) is 2.88. The highest BCUT2D eigenvalue weighted by Crippen LogP contribution is 2.18. The first-order valence-corrected chi connectivity index (χ1v) is 10.5. The molecule has 0 unspecified atom stereocenters. The van der Waals surface area contributed by atoms with Crippen LogP contribution in [0.3, 0.4) is 0 Å². The summed E-state index contributed by atoms with van der Waals surface area (Å²) in [4.78, 5) is 26.1. The van der Waals surface area contributed by atoms with E-state index in [4.69, 9.17) is 0 Å². The predicted molar refractivity (Wildman–Crippen MR) is 125 cm³/mol. The summed E-state index contributed by atoms with van der Waals surface area (Å²) in [5.41, 5.74) is 3.47. The van der Waals surface area contributed by atoms with Crippen molar-refractivity contribution in [2.75, 3.05) is 13.6 Å². The number of fused-ring (bicyclic) bond motifs is 2. The zero-order chi connectivity index (χ0) is 22.8. The molecule has 0 radical (unpaired) electrons. The van der Waals surface area contributed by atoms with Crippen molar-refractivity contribution in [1.82, 2.24) is 29.1 Å². The molecule has 0 bridgehead atoms. The second-order valence-electron chi connectivity index (χ2n) is 5.85. The lowest BCUT2D eigenvalue weighted by Crippen LogP contribution is -2.12. The number of benzene rings is 1. The van der Waals surface area contributed by atoms with E-state index >= 15 is 0 Å². The highest BCUT2D eigenvalue weighted by Gasteiger charge is 2.12. The third-order valence-electron chi connectivity index (χ3n) is 4.04. The maximum Gasteiger partial charge on any atom is 0.237 e. The molecule has 164 valence electrons. The molecular formula is C22H29FN8. The van der Waals surface area contributed by atoms with Crippen LogP contribution >= 0.6 is 0 Å². The van der Waals surface area contributed by atoms with Crippen molar-refractivity contribution in [1.29, 1.82) is 0 Å². The Kier molecular flexibility index (Phi) is 8.93. The van der Waals surface area contributed by atoms with Crippen LogP contribution in [0.4, 0.5) is 4.39 Å². The van der Waals surface area contributed by atoms with Crippen LogP contribution in [0.1, 0.15) is 34.6 Å². The van der Waals surface area contributed by atoms with Crippen molar-refractivity contribution >= 4 is 34.1 Å². The van der Waals surface area contributed by atoms with Gasteiger partial charge in [-0.3, -0.25) is 14.6 Å². The van der Waals surface area contributed by atoms with Crippen molar-refractivity contribution in [3.8, 4) is 5.95 Å². The largest absolute Gasteiger partial charge is 0.309 e. The Morgan fingerprint density at radius 1 is 1.06 bits per heavy atom. The number of aliphatic imine (C=N–C) groups is 2. The zero-order valence-corrected chi connectivity index (χ0v) is 18.9. The van der Waals surface area contributed by atoms with Gasteiger partial charge >= 0.3 is 0 Å². The van der Waals surface area contributed by atoms with Crippen LogP contribution in [0, 0.1) is 5.82 Å². The number of aromatic nitrogens is 6. The Balaban J connectivity index is 0.000000807. The maximum absolute atomic E-state index is 13.4. The van der Waals surface area contributed by atoms with E-state index in [-0.39, 0.29) is 5.82 Å². The summed E-state index contributed by atoms with van der Waals surface area (Å²) in [6.07, 6.45) is 6.68. The molecular weight excluding hydrogens is 395 g/mol. The van der Waals surface area contributed by atoms with E-state index in [1.807, 2.05) is 39.2 Å². The van der Waals surface area contributed by atoms with Gasteiger partial charge < -0.3 is 4.57 Å². The lowest BCUT2D eigenvalue weighted by atomic mass is 10.3. The van der Waals surface area contributed by atoms with E-state index in [0.29, 0.717) is 35.7 Å². The van der Waals surface area contributed by atoms with Gasteiger partial charge in [-0.25, -0.2) is 19.3 Å². The van der Waals surface area contributed by atoms with Crippen LogP contribution in [0.2, 0.25) is 0 Å². The molecule has 3 aromatic heterocycles. The number of hydrogen-bond acceptors (Lipinski definition) is 6. The van der Waals surface area contributed by atoms with Gasteiger partial charge in [0.1, 0.15) is 17.7 Å². The quantitative estimate of drug-likeness (QED) is 0.441. The van der Waals surface area contributed by atoms with Crippen molar-refractivity contribution in [3.05, 3.63) is 42.9 Å². The van der Waals surface area contributed by atoms with Crippen LogP contribution < -0.4 is 0 Å². The van der Waals surface area contributed by atoms with Gasteiger partial charge in [-0.1, -0.05) is 27.7 Å². The normalized spacial score (nSPS) is 11.4. The SMILES string of the molecule is CC.CC.CCN=C(C=NC)Cn1cnc2cnc(-n3cnc4cc(F)ccc43)nc21. The first kappa shape index (κ1) is 23.8. The van der Waals surface area contributed by atoms with Gasteiger partial charge in [0, 0.05) is 25.9 Å². The summed E-state index contributed by atoms with van der Waals surface area (Å²) in [6, 6.07) is 4.43. The Labute approximate surface area is 181 Å². The molecule has 4 rings (SSSR count). The molecule has 0 amide bonds. The van der Waals surface area contributed by atoms with Gasteiger partial charge in [0.25, 0.3) is 0 Å². The average Bonchev–Trinajstić information content (AvgIpc) is 3.40. The summed E-state index contributed by atoms with van der Waals surface area (Å²) in [5, 5.41) is 0. The van der Waals surface area contributed by atoms with Crippen molar-refractivity contribution in [3.63, 3.8) is 0 Å². The second kappa shape index (κ2) is 11.6. The number of nitrogens with zero attached hydrogens (tertiary/aromatic N) is 8. The summed E-state index contributed by atoms with van der Waals surface area (Å²) >= 11 is 0. The standard InChI is InChI=1S/C18H17FN8.2C2H6/c1-3-21-13(7-20-2)9-26-10-23-15-8-22-18(25-17(15)26)27-11-24-14-6-12(19)4-5-16(14)27;2*1-2/h4-8,10-11H,3,9H2,1-2H3;2*1-2H3. The smallest absolute Gasteiger partial charge is 0.237 e. The minimum atomic E-state index is -0.331. The molecule has 0 fully saturated rings. The fourth-order valence-corrected chi connectivity index (χ4v) is 2.88. The third-order valence-corrected chi connectivity index (χ3v) is 4.04. The van der Waals surface area contributed by atoms with Crippen molar-refractivity contribution in [2.24, 2.45) is 9.98 Å². The average molecular weight is 425 g/mol. The second-order valence-corrected chi connectivity index (χ2v) is 5.85. The molecule has 0 aliphatic carbocycles. The molecule has 3 heterocycles. The molecule has 0 spiro atoms. The maximum atomic E-state index is 13.4. The third kappa shape index (κ3) is 5.36. The van der Waals surface area contributed by atoms with E-state index in [0.717, 1.165) is 11.2 Å². The topological polar surface area (TPSA) is 86.1 Å². The van der Waals surface area contributed by atoms with Crippen molar-refractivity contribution < 1.29 is 4.39 Å². The van der Waals surface area contributed by atoms with Crippen LogP contribution in [0.25, 0.3) is 28.1 Å². The monoisotopic (exact) mass is 424 g/mol. The number of halogens is 1. The first-order valence-electron chi connectivity index (χ1n) is 10.5. The minimum absolute atomic E-state index is 0.331. The first-order chi connectivity index (χ1) is 15.2. The zero-order valence-electron chi connectivity index (χ0n) is 18.9. The molecule has 9 heteroatoms. The highest BCUT2D eigenvalue weighted by atomic mass is 19.1. The highest BCUT2D eigenvalue weighted by molar-refractivity contribution is 6.30. The van der Waals surface area contributed by atoms with Gasteiger partial charge in [0.15, 0.2) is 5.65 Å². The molecule has 0 aliphatic heterocycles. The Morgan fingerprint density at radius 3 is 2.52 bits per heavy atom. The molecule has 4 aromatic rings. The van der Waals surface area contributed by atoms with Crippen LogP contribution in [0.15, 0.2) is 47.0 Å². The van der Waals surface area contributed by atoms with E-state index in [1.165, 1.54) is 12.1 Å². The lowest BCUT2D eigenvalue weighted by molar-refractivity contribution is 0.629. The van der Waals surface area contributed by atoms with E-state index < -0.39 is 0 Å². The number of rotatable bonds is 5. The van der Waals surface area contributed by atoms with Crippen LogP contribution in [-0.4, -0.2) is 54.6 Å². The lowest BCUT2D eigenvalue weighted by Gasteiger charge is -2.06. The summed E-state index contributed by atoms with van der Waals surface area (Å²) in [5.74, 6) is 0.110. The summed E-state index contributed by atoms with van der Waals surface area (Å²) < 4.78 is 17.0. The van der Waals surface area contributed by atoms with Gasteiger partial charge in [-0.15, -0.1) is 0 Å². The number of imidazole rings is 2. The molecule has 31 heavy (non-hydrogen) atoms. The molecule has 0 atom stereocenters. The van der Waals surface area contributed by atoms with E-state index in [2.05, 4.69) is 29.9 Å². The summed E-state index contributed by atoms with van der Waals surface area (Å²) in [6.45, 7) is 11.2. The van der Waals surface area contributed by atoms with Crippen LogP contribution in [-0.2, 0) is 6.54 Å². The van der Waals surface area contributed by atoms with Gasteiger partial charge in [-0.2, -0.15) is 4.98 Å². The summed E-state index contributed by atoms with van der Waals surface area (Å²) in [7, 11) is 1.71. The molecule has 0 aliphatic rings. The molecule has 0 saturated carbocycles. The minimum Gasteiger partial charge on any atom is -0.309 e. The predicted octanol–water partition coefficient (Wildman–Crippen LogP) is 4.52. The van der Waals surface area contributed by atoms with Gasteiger partial charge in [0.05, 0.1) is 35.8 Å². The number of hydrogen-bond donors (Lipinski definition) is 0. The Bertz CT molecular complexity index is 1170.